The summed E-state index contributed by atoms with van der Waals surface area (Å²) in [5, 5.41) is 13.4. The minimum Gasteiger partial charge on any atom is -0.333 e. The van der Waals surface area contributed by atoms with Crippen LogP contribution in [0.1, 0.15) is 44.7 Å². The Hall–Kier alpha value is -1.97. The van der Waals surface area contributed by atoms with Gasteiger partial charge >= 0.3 is 0 Å². The number of thiazole rings is 1. The van der Waals surface area contributed by atoms with Crippen molar-refractivity contribution in [2.45, 2.75) is 45.2 Å². The Labute approximate surface area is 152 Å². The second kappa shape index (κ2) is 7.11. The molecule has 6 heteroatoms. The lowest BCUT2D eigenvalue weighted by atomic mass is 9.90. The predicted octanol–water partition coefficient (Wildman–Crippen LogP) is 2.07. The molecular formula is C19H25N4OS+. The third-order valence-electron chi connectivity index (χ3n) is 5.27. The molecule has 5 nitrogen and oxygen atoms in total. The molecule has 1 aromatic heterocycles. The van der Waals surface area contributed by atoms with Crippen LogP contribution in [0.25, 0.3) is 10.2 Å². The molecule has 1 aromatic carbocycles. The van der Waals surface area contributed by atoms with Crippen molar-refractivity contribution in [3.8, 4) is 6.07 Å². The molecule has 2 N–H and O–H groups in total. The van der Waals surface area contributed by atoms with Gasteiger partial charge in [0.1, 0.15) is 11.6 Å². The van der Waals surface area contributed by atoms with Crippen molar-refractivity contribution in [3.05, 3.63) is 29.3 Å². The summed E-state index contributed by atoms with van der Waals surface area (Å²) in [5.74, 6) is 0.0100. The van der Waals surface area contributed by atoms with Gasteiger partial charge in [0.15, 0.2) is 11.6 Å². The molecule has 25 heavy (non-hydrogen) atoms. The number of aromatic nitrogens is 1. The summed E-state index contributed by atoms with van der Waals surface area (Å²) in [6, 6.07) is 10.7. The number of nitrogens with zero attached hydrogens (tertiary/aromatic N) is 2. The maximum Gasteiger partial charge on any atom is 0.276 e. The van der Waals surface area contributed by atoms with Crippen molar-refractivity contribution in [2.75, 3.05) is 13.1 Å². The van der Waals surface area contributed by atoms with Crippen molar-refractivity contribution >= 4 is 27.5 Å². The van der Waals surface area contributed by atoms with Crippen molar-refractivity contribution in [2.24, 2.45) is 5.92 Å². The fourth-order valence-electron chi connectivity index (χ4n) is 3.30. The van der Waals surface area contributed by atoms with Gasteiger partial charge in [-0.05, 0) is 25.0 Å². The molecule has 2 heterocycles. The third kappa shape index (κ3) is 3.68. The first kappa shape index (κ1) is 17.8. The van der Waals surface area contributed by atoms with Crippen LogP contribution < -0.4 is 10.2 Å². The number of fused-ring (bicyclic) bond motifs is 1. The first-order valence-corrected chi connectivity index (χ1v) is 9.67. The van der Waals surface area contributed by atoms with Gasteiger partial charge in [0.2, 0.25) is 0 Å². The van der Waals surface area contributed by atoms with E-state index in [0.29, 0.717) is 6.54 Å². The number of nitrogens with one attached hydrogen (secondary N) is 2. The highest BCUT2D eigenvalue weighted by molar-refractivity contribution is 7.18. The van der Waals surface area contributed by atoms with Crippen LogP contribution in [0.2, 0.25) is 0 Å². The summed E-state index contributed by atoms with van der Waals surface area (Å²) >= 11 is 1.73. The van der Waals surface area contributed by atoms with E-state index in [4.69, 9.17) is 4.98 Å². The van der Waals surface area contributed by atoms with Crippen LogP contribution in [0.5, 0.6) is 0 Å². The highest BCUT2D eigenvalue weighted by Gasteiger charge is 2.36. The number of amides is 1. The second-order valence-electron chi connectivity index (χ2n) is 7.32. The zero-order chi connectivity index (χ0) is 18.0. The Morgan fingerprint density at radius 3 is 2.96 bits per heavy atom. The van der Waals surface area contributed by atoms with E-state index in [9.17, 15) is 10.1 Å². The molecule has 1 aliphatic heterocycles. The normalized spacial score (nSPS) is 22.7. The molecule has 1 fully saturated rings. The van der Waals surface area contributed by atoms with Gasteiger partial charge in [-0.15, -0.1) is 11.3 Å². The van der Waals surface area contributed by atoms with Gasteiger partial charge in [0.05, 0.1) is 22.8 Å². The lowest BCUT2D eigenvalue weighted by Gasteiger charge is -2.28. The molecule has 1 aliphatic rings. The first-order valence-electron chi connectivity index (χ1n) is 8.85. The number of carbonyl (C=O) groups is 1. The summed E-state index contributed by atoms with van der Waals surface area (Å²) in [7, 11) is 0. The van der Waals surface area contributed by atoms with Crippen LogP contribution in [0, 0.1) is 17.2 Å². The van der Waals surface area contributed by atoms with Gasteiger partial charge < -0.3 is 10.2 Å². The summed E-state index contributed by atoms with van der Waals surface area (Å²) in [6.07, 6.45) is 2.16. The highest BCUT2D eigenvalue weighted by atomic mass is 32.1. The Morgan fingerprint density at radius 1 is 1.52 bits per heavy atom. The van der Waals surface area contributed by atoms with Crippen molar-refractivity contribution in [1.82, 2.24) is 10.3 Å². The second-order valence-corrected chi connectivity index (χ2v) is 8.38. The fourth-order valence-corrected chi connectivity index (χ4v) is 4.46. The van der Waals surface area contributed by atoms with Crippen molar-refractivity contribution in [3.63, 3.8) is 0 Å². The van der Waals surface area contributed by atoms with Gasteiger partial charge in [-0.3, -0.25) is 4.79 Å². The van der Waals surface area contributed by atoms with E-state index < -0.39 is 5.54 Å². The van der Waals surface area contributed by atoms with Crippen LogP contribution in [0.4, 0.5) is 0 Å². The molecule has 0 aliphatic carbocycles. The number of rotatable bonds is 5. The zero-order valence-electron chi connectivity index (χ0n) is 15.0. The van der Waals surface area contributed by atoms with E-state index in [1.165, 1.54) is 9.60 Å². The standard InChI is InChI=1S/C19H24N4OS/c1-13(2)19(3,12-20)22-17(24)11-23-10-6-8-15(23)18-21-14-7-4-5-9-16(14)25-18/h4-5,7,9,13,15H,6,8,10-11H2,1-3H3,(H,22,24)/p+1/t15-,19+/m1/s1. The first-order chi connectivity index (χ1) is 11.9. The summed E-state index contributed by atoms with van der Waals surface area (Å²) in [6.45, 7) is 7.07. The van der Waals surface area contributed by atoms with E-state index in [0.717, 1.165) is 29.9 Å². The average molecular weight is 358 g/mol. The Balaban J connectivity index is 1.71. The molecular weight excluding hydrogens is 332 g/mol. The molecule has 0 bridgehead atoms. The van der Waals surface area contributed by atoms with Crippen LogP contribution in [-0.4, -0.2) is 29.5 Å². The van der Waals surface area contributed by atoms with Crippen LogP contribution in [-0.2, 0) is 4.79 Å². The van der Waals surface area contributed by atoms with Gasteiger partial charge in [-0.25, -0.2) is 4.98 Å². The maximum absolute atomic E-state index is 12.5. The lowest BCUT2D eigenvalue weighted by Crippen LogP contribution is -3.11. The van der Waals surface area contributed by atoms with Gasteiger partial charge in [-0.1, -0.05) is 26.0 Å². The molecule has 3 rings (SSSR count). The predicted molar refractivity (Wildman–Crippen MR) is 99.3 cm³/mol. The van der Waals surface area contributed by atoms with Crippen molar-refractivity contribution in [1.29, 1.82) is 5.26 Å². The van der Waals surface area contributed by atoms with Crippen LogP contribution >= 0.6 is 11.3 Å². The number of quaternary nitrogens is 1. The van der Waals surface area contributed by atoms with E-state index in [2.05, 4.69) is 17.5 Å². The Kier molecular flexibility index (Phi) is 5.07. The molecule has 0 spiro atoms. The molecule has 0 radical (unpaired) electrons. The van der Waals surface area contributed by atoms with E-state index >= 15 is 0 Å². The number of benzene rings is 1. The molecule has 0 saturated carbocycles. The summed E-state index contributed by atoms with van der Waals surface area (Å²) in [5.41, 5.74) is 0.219. The minimum atomic E-state index is -0.818. The van der Waals surface area contributed by atoms with E-state index in [1.54, 1.807) is 18.3 Å². The van der Waals surface area contributed by atoms with Gasteiger partial charge in [-0.2, -0.15) is 5.26 Å². The number of nitriles is 1. The topological polar surface area (TPSA) is 70.2 Å². The fraction of sp³-hybridized carbons (Fsp3) is 0.526. The SMILES string of the molecule is CC(C)[C@](C)(C#N)NC(=O)C[NH+]1CCC[C@@H]1c1nc2ccccc2s1. The molecule has 2 aromatic rings. The van der Waals surface area contributed by atoms with E-state index in [1.807, 2.05) is 32.0 Å². The number of hydrogen-bond donors (Lipinski definition) is 2. The largest absolute Gasteiger partial charge is 0.333 e. The monoisotopic (exact) mass is 357 g/mol. The number of carbonyl (C=O) groups excluding carboxylic acids is 1. The molecule has 1 amide bonds. The highest BCUT2D eigenvalue weighted by Crippen LogP contribution is 2.28. The minimum absolute atomic E-state index is 0.0549. The Bertz CT molecular complexity index is 776. The zero-order valence-corrected chi connectivity index (χ0v) is 15.8. The van der Waals surface area contributed by atoms with Crippen LogP contribution in [0.3, 0.4) is 0 Å². The number of para-hydroxylation sites is 1. The molecule has 1 unspecified atom stereocenters. The quantitative estimate of drug-likeness (QED) is 0.861. The lowest BCUT2D eigenvalue weighted by molar-refractivity contribution is -0.910. The smallest absolute Gasteiger partial charge is 0.276 e. The Morgan fingerprint density at radius 2 is 2.28 bits per heavy atom. The number of hydrogen-bond acceptors (Lipinski definition) is 4. The van der Waals surface area contributed by atoms with Crippen molar-refractivity contribution < 1.29 is 9.69 Å². The van der Waals surface area contributed by atoms with E-state index in [-0.39, 0.29) is 17.9 Å². The molecule has 3 atom stereocenters. The van der Waals surface area contributed by atoms with Crippen LogP contribution in [0.15, 0.2) is 24.3 Å². The average Bonchev–Trinajstić information content (AvgIpc) is 3.20. The summed E-state index contributed by atoms with van der Waals surface area (Å²) < 4.78 is 1.20. The van der Waals surface area contributed by atoms with Gasteiger partial charge in [0.25, 0.3) is 5.91 Å². The molecule has 1 saturated heterocycles. The maximum atomic E-state index is 12.5. The molecule has 132 valence electrons. The summed E-state index contributed by atoms with van der Waals surface area (Å²) in [4.78, 5) is 18.6. The number of likely N-dealkylation sites (tertiary alicyclic amines) is 1. The van der Waals surface area contributed by atoms with Gasteiger partial charge in [0, 0.05) is 12.8 Å². The third-order valence-corrected chi connectivity index (χ3v) is 6.42.